The number of rotatable bonds is 5. The van der Waals surface area contributed by atoms with Crippen LogP contribution in [0.1, 0.15) is 33.5 Å². The molecule has 180 valence electrons. The van der Waals surface area contributed by atoms with Crippen molar-refractivity contribution in [3.63, 3.8) is 0 Å². The van der Waals surface area contributed by atoms with Crippen molar-refractivity contribution < 1.29 is 18.0 Å². The first kappa shape index (κ1) is 23.5. The summed E-state index contributed by atoms with van der Waals surface area (Å²) in [6.45, 7) is 1.97. The molecule has 0 saturated carbocycles. The molecule has 3 aromatic carbocycles. The summed E-state index contributed by atoms with van der Waals surface area (Å²) < 4.78 is 38.8. The first-order chi connectivity index (χ1) is 17.3. The van der Waals surface area contributed by atoms with Gasteiger partial charge < -0.3 is 5.32 Å². The highest BCUT2D eigenvalue weighted by Gasteiger charge is 2.30. The molecule has 1 aliphatic carbocycles. The molecule has 4 aromatic rings. The molecule has 0 atom stereocenters. The fourth-order valence-electron chi connectivity index (χ4n) is 4.51. The van der Waals surface area contributed by atoms with Gasteiger partial charge in [-0.2, -0.15) is 13.2 Å². The molecule has 0 unspecified atom stereocenters. The van der Waals surface area contributed by atoms with E-state index in [4.69, 9.17) is 4.98 Å². The number of aryl methyl sites for hydroxylation is 1. The number of hydrogen-bond donors (Lipinski definition) is 1. The summed E-state index contributed by atoms with van der Waals surface area (Å²) in [5.41, 5.74) is 7.71. The second-order valence-electron chi connectivity index (χ2n) is 8.93. The number of amides is 1. The molecular formula is C30H23F3N2O. The van der Waals surface area contributed by atoms with Gasteiger partial charge in [0.25, 0.3) is 0 Å². The Morgan fingerprint density at radius 2 is 1.75 bits per heavy atom. The van der Waals surface area contributed by atoms with Crippen molar-refractivity contribution >= 4 is 23.2 Å². The summed E-state index contributed by atoms with van der Waals surface area (Å²) in [5.74, 6) is -0.376. The van der Waals surface area contributed by atoms with E-state index in [1.807, 2.05) is 49.5 Å². The molecule has 0 spiro atoms. The summed E-state index contributed by atoms with van der Waals surface area (Å²) in [6, 6.07) is 22.8. The molecule has 5 rings (SSSR count). The lowest BCUT2D eigenvalue weighted by molar-refractivity contribution is -0.137. The third-order valence-corrected chi connectivity index (χ3v) is 6.28. The highest BCUT2D eigenvalue weighted by molar-refractivity contribution is 5.92. The second-order valence-corrected chi connectivity index (χ2v) is 8.93. The summed E-state index contributed by atoms with van der Waals surface area (Å²) in [6.07, 6.45) is 0.465. The SMILES string of the molecule is Cc1cc(CC(=O)Nc2cccc(C(F)(F)F)c2)ccc1-c1cnc2c(c1)C=C(c1ccccc1)C2. The fourth-order valence-corrected chi connectivity index (χ4v) is 4.51. The van der Waals surface area contributed by atoms with Crippen LogP contribution in [0.4, 0.5) is 18.9 Å². The van der Waals surface area contributed by atoms with Crippen molar-refractivity contribution in [1.29, 1.82) is 0 Å². The predicted octanol–water partition coefficient (Wildman–Crippen LogP) is 7.35. The van der Waals surface area contributed by atoms with Gasteiger partial charge in [0.2, 0.25) is 5.91 Å². The molecule has 0 aliphatic heterocycles. The van der Waals surface area contributed by atoms with Gasteiger partial charge in [-0.15, -0.1) is 0 Å². The molecule has 1 aliphatic rings. The summed E-state index contributed by atoms with van der Waals surface area (Å²) >= 11 is 0. The lowest BCUT2D eigenvalue weighted by Crippen LogP contribution is -2.15. The normalized spacial score (nSPS) is 12.7. The van der Waals surface area contributed by atoms with E-state index in [0.29, 0.717) is 0 Å². The highest BCUT2D eigenvalue weighted by Crippen LogP contribution is 2.34. The molecule has 1 aromatic heterocycles. The lowest BCUT2D eigenvalue weighted by atomic mass is 9.97. The van der Waals surface area contributed by atoms with E-state index in [2.05, 4.69) is 29.6 Å². The maximum absolute atomic E-state index is 12.9. The van der Waals surface area contributed by atoms with Crippen LogP contribution >= 0.6 is 0 Å². The first-order valence-electron chi connectivity index (χ1n) is 11.6. The van der Waals surface area contributed by atoms with Gasteiger partial charge in [0, 0.05) is 23.9 Å². The Hall–Kier alpha value is -4.19. The van der Waals surface area contributed by atoms with E-state index in [9.17, 15) is 18.0 Å². The van der Waals surface area contributed by atoms with E-state index in [0.717, 1.165) is 52.1 Å². The van der Waals surface area contributed by atoms with Crippen molar-refractivity contribution in [3.05, 3.63) is 119 Å². The van der Waals surface area contributed by atoms with Gasteiger partial charge in [0.15, 0.2) is 0 Å². The Labute approximate surface area is 207 Å². The summed E-state index contributed by atoms with van der Waals surface area (Å²) in [7, 11) is 0. The third-order valence-electron chi connectivity index (χ3n) is 6.28. The minimum absolute atomic E-state index is 0.0585. The minimum Gasteiger partial charge on any atom is -0.326 e. The number of allylic oxidation sites excluding steroid dienone is 1. The first-order valence-corrected chi connectivity index (χ1v) is 11.6. The van der Waals surface area contributed by atoms with Crippen LogP contribution in [0, 0.1) is 6.92 Å². The zero-order valence-electron chi connectivity index (χ0n) is 19.6. The molecule has 1 N–H and O–H groups in total. The number of carbonyl (C=O) groups is 1. The number of benzene rings is 3. The fraction of sp³-hybridized carbons (Fsp3) is 0.133. The number of carbonyl (C=O) groups excluding carboxylic acids is 1. The van der Waals surface area contributed by atoms with Gasteiger partial charge in [0.1, 0.15) is 0 Å². The maximum Gasteiger partial charge on any atom is 0.416 e. The summed E-state index contributed by atoms with van der Waals surface area (Å²) in [5, 5.41) is 2.56. The van der Waals surface area contributed by atoms with Gasteiger partial charge in [0.05, 0.1) is 17.7 Å². The van der Waals surface area contributed by atoms with Crippen molar-refractivity contribution in [3.8, 4) is 11.1 Å². The highest BCUT2D eigenvalue weighted by atomic mass is 19.4. The molecule has 1 amide bonds. The van der Waals surface area contributed by atoms with E-state index in [-0.39, 0.29) is 18.0 Å². The van der Waals surface area contributed by atoms with Crippen LogP contribution in [0.25, 0.3) is 22.8 Å². The molecule has 0 fully saturated rings. The Bertz CT molecular complexity index is 1470. The van der Waals surface area contributed by atoms with E-state index in [1.54, 1.807) is 0 Å². The Morgan fingerprint density at radius 3 is 2.50 bits per heavy atom. The predicted molar refractivity (Wildman–Crippen MR) is 136 cm³/mol. The van der Waals surface area contributed by atoms with Gasteiger partial charge >= 0.3 is 6.18 Å². The number of alkyl halides is 3. The molecule has 1 heterocycles. The average Bonchev–Trinajstić information content (AvgIpc) is 3.28. The van der Waals surface area contributed by atoms with Gasteiger partial charge in [-0.05, 0) is 70.7 Å². The number of hydrogen-bond acceptors (Lipinski definition) is 2. The monoisotopic (exact) mass is 484 g/mol. The number of anilines is 1. The number of nitrogens with one attached hydrogen (secondary N) is 1. The van der Waals surface area contributed by atoms with Crippen LogP contribution in [-0.4, -0.2) is 10.9 Å². The molecule has 0 bridgehead atoms. The Kier molecular flexibility index (Phi) is 6.18. The Morgan fingerprint density at radius 1 is 0.944 bits per heavy atom. The summed E-state index contributed by atoms with van der Waals surface area (Å²) in [4.78, 5) is 17.2. The molecule has 0 radical (unpaired) electrons. The van der Waals surface area contributed by atoms with Gasteiger partial charge in [-0.3, -0.25) is 9.78 Å². The molecule has 36 heavy (non-hydrogen) atoms. The molecule has 3 nitrogen and oxygen atoms in total. The van der Waals surface area contributed by atoms with Gasteiger partial charge in [-0.1, -0.05) is 54.6 Å². The van der Waals surface area contributed by atoms with E-state index < -0.39 is 11.7 Å². The van der Waals surface area contributed by atoms with Crippen molar-refractivity contribution in [2.45, 2.75) is 25.9 Å². The number of nitrogens with zero attached hydrogens (tertiary/aromatic N) is 1. The smallest absolute Gasteiger partial charge is 0.326 e. The van der Waals surface area contributed by atoms with Crippen LogP contribution in [0.3, 0.4) is 0 Å². The van der Waals surface area contributed by atoms with Crippen molar-refractivity contribution in [1.82, 2.24) is 4.98 Å². The zero-order chi connectivity index (χ0) is 25.3. The third kappa shape index (κ3) is 5.08. The number of aromatic nitrogens is 1. The largest absolute Gasteiger partial charge is 0.416 e. The average molecular weight is 485 g/mol. The van der Waals surface area contributed by atoms with E-state index >= 15 is 0 Å². The van der Waals surface area contributed by atoms with E-state index in [1.165, 1.54) is 23.3 Å². The minimum atomic E-state index is -4.46. The second kappa shape index (κ2) is 9.46. The van der Waals surface area contributed by atoms with Crippen molar-refractivity contribution in [2.24, 2.45) is 0 Å². The topological polar surface area (TPSA) is 42.0 Å². The van der Waals surface area contributed by atoms with Crippen LogP contribution in [0.5, 0.6) is 0 Å². The van der Waals surface area contributed by atoms with Crippen LogP contribution in [0.15, 0.2) is 85.1 Å². The molecule has 0 saturated heterocycles. The van der Waals surface area contributed by atoms with Crippen LogP contribution in [-0.2, 0) is 23.8 Å². The van der Waals surface area contributed by atoms with Crippen LogP contribution < -0.4 is 5.32 Å². The maximum atomic E-state index is 12.9. The standard InChI is InChI=1S/C30H23F3N2O/c1-19-12-20(13-29(36)35-26-9-5-8-25(17-26)30(31,32)33)10-11-27(19)24-15-23-14-22(16-28(23)34-18-24)21-6-3-2-4-7-21/h2-12,14-15,17-18H,13,16H2,1H3,(H,35,36). The zero-order valence-corrected chi connectivity index (χ0v) is 19.6. The number of halogens is 3. The lowest BCUT2D eigenvalue weighted by Gasteiger charge is -2.11. The Balaban J connectivity index is 1.30. The number of fused-ring (bicyclic) bond motifs is 1. The van der Waals surface area contributed by atoms with Crippen molar-refractivity contribution in [2.75, 3.05) is 5.32 Å². The van der Waals surface area contributed by atoms with Crippen LogP contribution in [0.2, 0.25) is 0 Å². The van der Waals surface area contributed by atoms with Gasteiger partial charge in [-0.25, -0.2) is 0 Å². The molecular weight excluding hydrogens is 461 g/mol. The number of pyridine rings is 1. The molecule has 6 heteroatoms. The quantitative estimate of drug-likeness (QED) is 0.322.